The Kier molecular flexibility index (Phi) is 12.2. The number of benzene rings is 5. The van der Waals surface area contributed by atoms with Crippen LogP contribution in [0.4, 0.5) is 0 Å². The Morgan fingerprint density at radius 2 is 1.55 bits per heavy atom. The molecule has 0 saturated carbocycles. The maximum atomic E-state index is 14.0. The van der Waals surface area contributed by atoms with Gasteiger partial charge < -0.3 is 29.5 Å². The van der Waals surface area contributed by atoms with Gasteiger partial charge in [0.2, 0.25) is 11.8 Å². The average molecular weight is 819 g/mol. The lowest BCUT2D eigenvalue weighted by Gasteiger charge is -2.38. The molecular formula is C46H41Cl2N3O7. The van der Waals surface area contributed by atoms with Crippen LogP contribution in [0, 0.1) is 17.2 Å². The molecule has 3 atom stereocenters. The van der Waals surface area contributed by atoms with Gasteiger partial charge in [0.25, 0.3) is 0 Å². The van der Waals surface area contributed by atoms with E-state index in [1.54, 1.807) is 29.2 Å². The number of carboxylic acid groups (broad SMARTS) is 1. The number of nitriles is 1. The van der Waals surface area contributed by atoms with E-state index in [1.165, 1.54) is 0 Å². The van der Waals surface area contributed by atoms with Crippen molar-refractivity contribution in [3.05, 3.63) is 147 Å². The maximum Gasteiger partial charge on any atom is 0.326 e. The summed E-state index contributed by atoms with van der Waals surface area (Å²) in [7, 11) is 0. The highest BCUT2D eigenvalue weighted by molar-refractivity contribution is 6.42. The van der Waals surface area contributed by atoms with Crippen LogP contribution < -0.4 is 19.5 Å². The summed E-state index contributed by atoms with van der Waals surface area (Å²) in [5.41, 5.74) is 6.55. The number of ether oxygens (including phenoxy) is 3. The highest BCUT2D eigenvalue weighted by Gasteiger charge is 2.38. The number of carbonyl (C=O) groups excluding carboxylic acids is 2. The van der Waals surface area contributed by atoms with Crippen molar-refractivity contribution < 1.29 is 33.7 Å². The van der Waals surface area contributed by atoms with Crippen LogP contribution in [0.25, 0.3) is 11.1 Å². The SMILES string of the molecule is CC(C)CC(=O)N1Cc2cc3c(cc2CC1C(=O)NC(Cc1ccc(-c2ccc(C#N)cc2)cc1)C(=O)O)OCC(c1ccc(OCc2ccc(Cl)c(Cl)c2)cc1)O3. The van der Waals surface area contributed by atoms with Crippen LogP contribution >= 0.6 is 23.2 Å². The second-order valence-electron chi connectivity index (χ2n) is 14.9. The fourth-order valence-electron chi connectivity index (χ4n) is 7.13. The van der Waals surface area contributed by atoms with Crippen molar-refractivity contribution in [3.63, 3.8) is 0 Å². The van der Waals surface area contributed by atoms with E-state index in [4.69, 9.17) is 42.7 Å². The molecule has 2 N–H and O–H groups in total. The number of aliphatic carboxylic acids is 1. The summed E-state index contributed by atoms with van der Waals surface area (Å²) in [5.74, 6) is -0.124. The number of hydrogen-bond donors (Lipinski definition) is 2. The number of hydrogen-bond acceptors (Lipinski definition) is 7. The number of rotatable bonds is 12. The molecule has 0 saturated heterocycles. The lowest BCUT2D eigenvalue weighted by Crippen LogP contribution is -2.56. The summed E-state index contributed by atoms with van der Waals surface area (Å²) in [6, 6.07) is 31.2. The Bertz CT molecular complexity index is 2360. The minimum Gasteiger partial charge on any atom is -0.489 e. The Morgan fingerprint density at radius 3 is 2.21 bits per heavy atom. The molecule has 3 unspecified atom stereocenters. The fourth-order valence-corrected chi connectivity index (χ4v) is 7.45. The van der Waals surface area contributed by atoms with E-state index < -0.39 is 30.1 Å². The van der Waals surface area contributed by atoms with Crippen molar-refractivity contribution in [2.75, 3.05) is 6.61 Å². The van der Waals surface area contributed by atoms with Crippen LogP contribution in [0.1, 0.15) is 59.8 Å². The lowest BCUT2D eigenvalue weighted by atomic mass is 9.91. The molecule has 7 rings (SSSR count). The van der Waals surface area contributed by atoms with E-state index in [0.717, 1.165) is 38.9 Å². The van der Waals surface area contributed by atoms with Gasteiger partial charge in [-0.2, -0.15) is 5.26 Å². The summed E-state index contributed by atoms with van der Waals surface area (Å²) in [6.45, 7) is 4.61. The molecule has 2 heterocycles. The standard InChI is InChI=1S/C46H41Cl2N3O7/c1-27(2)17-44(52)51-24-35-22-42-41(57-26-43(58-42)33-12-14-36(15-13-33)56-25-30-7-16-37(47)38(48)18-30)21-34(35)20-40(51)45(53)50-39(46(54)55)19-28-3-8-31(9-4-28)32-10-5-29(23-49)6-11-32/h3-16,18,21-22,27,39-40,43H,17,19-20,24-26H2,1-2H3,(H,50,53)(H,54,55). The van der Waals surface area contributed by atoms with Crippen LogP contribution in [0.2, 0.25) is 10.0 Å². The minimum absolute atomic E-state index is 0.0466. The van der Waals surface area contributed by atoms with Gasteiger partial charge in [-0.1, -0.05) is 91.6 Å². The Balaban J connectivity index is 1.03. The summed E-state index contributed by atoms with van der Waals surface area (Å²) in [6.07, 6.45) is 0.0649. The van der Waals surface area contributed by atoms with Gasteiger partial charge in [0, 0.05) is 25.8 Å². The first-order chi connectivity index (χ1) is 27.9. The Labute approximate surface area is 346 Å². The molecular weight excluding hydrogens is 777 g/mol. The zero-order chi connectivity index (χ0) is 40.9. The number of fused-ring (bicyclic) bond motifs is 2. The van der Waals surface area contributed by atoms with E-state index in [9.17, 15) is 19.5 Å². The Morgan fingerprint density at radius 1 is 0.879 bits per heavy atom. The number of nitrogens with zero attached hydrogens (tertiary/aromatic N) is 2. The second-order valence-corrected chi connectivity index (χ2v) is 15.7. The molecule has 0 aliphatic carbocycles. The summed E-state index contributed by atoms with van der Waals surface area (Å²) in [4.78, 5) is 41.7. The maximum absolute atomic E-state index is 14.0. The van der Waals surface area contributed by atoms with E-state index in [2.05, 4.69) is 11.4 Å². The van der Waals surface area contributed by atoms with Crippen molar-refractivity contribution in [3.8, 4) is 34.4 Å². The van der Waals surface area contributed by atoms with E-state index >= 15 is 0 Å². The molecule has 58 heavy (non-hydrogen) atoms. The Hall–Kier alpha value is -6.02. The molecule has 2 aliphatic rings. The van der Waals surface area contributed by atoms with Crippen molar-refractivity contribution in [1.82, 2.24) is 10.2 Å². The number of nitrogens with one attached hydrogen (secondary N) is 1. The zero-order valence-corrected chi connectivity index (χ0v) is 33.4. The van der Waals surface area contributed by atoms with Gasteiger partial charge in [0.05, 0.1) is 21.7 Å². The predicted octanol–water partition coefficient (Wildman–Crippen LogP) is 8.74. The van der Waals surface area contributed by atoms with Gasteiger partial charge in [-0.25, -0.2) is 4.79 Å². The molecule has 0 spiro atoms. The van der Waals surface area contributed by atoms with Crippen molar-refractivity contribution in [2.45, 2.75) is 64.4 Å². The first-order valence-electron chi connectivity index (χ1n) is 19.0. The molecule has 0 fully saturated rings. The van der Waals surface area contributed by atoms with Crippen molar-refractivity contribution in [2.24, 2.45) is 5.92 Å². The summed E-state index contributed by atoms with van der Waals surface area (Å²) >= 11 is 12.2. The van der Waals surface area contributed by atoms with Gasteiger partial charge >= 0.3 is 5.97 Å². The molecule has 296 valence electrons. The predicted molar refractivity (Wildman–Crippen MR) is 220 cm³/mol. The smallest absolute Gasteiger partial charge is 0.326 e. The average Bonchev–Trinajstić information content (AvgIpc) is 3.22. The molecule has 5 aromatic rings. The zero-order valence-electron chi connectivity index (χ0n) is 31.9. The largest absolute Gasteiger partial charge is 0.489 e. The van der Waals surface area contributed by atoms with Crippen LogP contribution in [0.15, 0.2) is 103 Å². The van der Waals surface area contributed by atoms with Crippen LogP contribution in [-0.2, 0) is 40.4 Å². The number of carboxylic acids is 1. The van der Waals surface area contributed by atoms with Gasteiger partial charge in [0.1, 0.15) is 31.0 Å². The molecule has 2 amide bonds. The molecule has 0 aromatic heterocycles. The quantitative estimate of drug-likeness (QED) is 0.128. The van der Waals surface area contributed by atoms with E-state index in [1.807, 2.05) is 92.7 Å². The van der Waals surface area contributed by atoms with Crippen molar-refractivity contribution in [1.29, 1.82) is 5.26 Å². The third-order valence-electron chi connectivity index (χ3n) is 10.3. The van der Waals surface area contributed by atoms with Gasteiger partial charge in [-0.05, 0) is 93.4 Å². The number of amides is 2. The summed E-state index contributed by atoms with van der Waals surface area (Å²) < 4.78 is 18.6. The topological polar surface area (TPSA) is 138 Å². The number of carbonyl (C=O) groups is 3. The van der Waals surface area contributed by atoms with E-state index in [-0.39, 0.29) is 44.2 Å². The minimum atomic E-state index is -1.22. The molecule has 0 bridgehead atoms. The van der Waals surface area contributed by atoms with E-state index in [0.29, 0.717) is 39.5 Å². The van der Waals surface area contributed by atoms with Crippen LogP contribution in [-0.4, -0.2) is 46.5 Å². The molecule has 5 aromatic carbocycles. The first-order valence-corrected chi connectivity index (χ1v) is 19.7. The fraction of sp³-hybridized carbons (Fsp3) is 0.261. The highest BCUT2D eigenvalue weighted by atomic mass is 35.5. The van der Waals surface area contributed by atoms with Gasteiger partial charge in [0.15, 0.2) is 17.6 Å². The molecule has 10 nitrogen and oxygen atoms in total. The van der Waals surface area contributed by atoms with Gasteiger partial charge in [-0.15, -0.1) is 0 Å². The third kappa shape index (κ3) is 9.39. The van der Waals surface area contributed by atoms with Crippen LogP contribution in [0.3, 0.4) is 0 Å². The van der Waals surface area contributed by atoms with Crippen LogP contribution in [0.5, 0.6) is 17.2 Å². The van der Waals surface area contributed by atoms with Gasteiger partial charge in [-0.3, -0.25) is 9.59 Å². The summed E-state index contributed by atoms with van der Waals surface area (Å²) in [5, 5.41) is 23.0. The second kappa shape index (κ2) is 17.6. The normalized spacial score (nSPS) is 16.2. The molecule has 0 radical (unpaired) electrons. The number of halogens is 2. The highest BCUT2D eigenvalue weighted by Crippen LogP contribution is 2.41. The van der Waals surface area contributed by atoms with Crippen molar-refractivity contribution >= 4 is 41.0 Å². The monoisotopic (exact) mass is 817 g/mol. The molecule has 2 aliphatic heterocycles. The third-order valence-corrected chi connectivity index (χ3v) is 11.0. The molecule has 12 heteroatoms. The lowest BCUT2D eigenvalue weighted by molar-refractivity contribution is -0.145. The first kappa shape index (κ1) is 40.2.